The molecule has 7 heteroatoms. The van der Waals surface area contributed by atoms with Crippen LogP contribution in [0.3, 0.4) is 0 Å². The molecule has 0 bridgehead atoms. The zero-order valence-corrected chi connectivity index (χ0v) is 18.1. The van der Waals surface area contributed by atoms with Crippen LogP contribution in [0.1, 0.15) is 18.4 Å². The second-order valence-electron chi connectivity index (χ2n) is 5.97. The Morgan fingerprint density at radius 1 is 1.20 bits per heavy atom. The molecule has 0 aliphatic carbocycles. The van der Waals surface area contributed by atoms with E-state index in [9.17, 15) is 0 Å². The molecule has 0 aromatic heterocycles. The lowest BCUT2D eigenvalue weighted by atomic mass is 10.1. The lowest BCUT2D eigenvalue weighted by Gasteiger charge is -2.26. The summed E-state index contributed by atoms with van der Waals surface area (Å²) >= 11 is 6.00. The molecule has 142 valence electrons. The van der Waals surface area contributed by atoms with E-state index >= 15 is 0 Å². The summed E-state index contributed by atoms with van der Waals surface area (Å²) in [5.41, 5.74) is 1.23. The van der Waals surface area contributed by atoms with Crippen LogP contribution < -0.4 is 10.6 Å². The summed E-state index contributed by atoms with van der Waals surface area (Å²) in [6.07, 6.45) is 3.27. The van der Waals surface area contributed by atoms with E-state index in [4.69, 9.17) is 16.3 Å². The predicted octanol–water partition coefficient (Wildman–Crippen LogP) is 2.78. The lowest BCUT2D eigenvalue weighted by Crippen LogP contribution is -2.39. The second kappa shape index (κ2) is 13.6. The maximum atomic E-state index is 6.00. The number of guanidine groups is 1. The highest BCUT2D eigenvalue weighted by Crippen LogP contribution is 2.10. The van der Waals surface area contributed by atoms with Crippen molar-refractivity contribution in [3.05, 3.63) is 34.9 Å². The average molecular weight is 481 g/mol. The zero-order chi connectivity index (χ0) is 17.0. The topological polar surface area (TPSA) is 48.9 Å². The van der Waals surface area contributed by atoms with E-state index in [1.807, 2.05) is 25.2 Å². The molecule has 0 radical (unpaired) electrons. The van der Waals surface area contributed by atoms with Gasteiger partial charge in [-0.15, -0.1) is 24.0 Å². The fourth-order valence-electron chi connectivity index (χ4n) is 2.73. The number of benzene rings is 1. The third kappa shape index (κ3) is 9.63. The fraction of sp³-hybridized carbons (Fsp3) is 0.611. The van der Waals surface area contributed by atoms with Crippen LogP contribution in [-0.2, 0) is 11.2 Å². The minimum absolute atomic E-state index is 0. The summed E-state index contributed by atoms with van der Waals surface area (Å²) in [4.78, 5) is 6.74. The molecule has 1 fully saturated rings. The van der Waals surface area contributed by atoms with Crippen LogP contribution >= 0.6 is 35.6 Å². The minimum Gasteiger partial charge on any atom is -0.379 e. The van der Waals surface area contributed by atoms with E-state index in [1.165, 1.54) is 12.0 Å². The Hall–Kier alpha value is -0.570. The number of ether oxygens (including phenoxy) is 1. The van der Waals surface area contributed by atoms with Gasteiger partial charge in [0.25, 0.3) is 0 Å². The number of nitrogens with zero attached hydrogens (tertiary/aromatic N) is 2. The molecule has 1 heterocycles. The maximum Gasteiger partial charge on any atom is 0.190 e. The van der Waals surface area contributed by atoms with Gasteiger partial charge in [0.1, 0.15) is 0 Å². The standard InChI is InChI=1S/C18H29ClN4O.HI/c1-20-18(22-9-7-16-5-4-6-17(19)15-16)21-8-2-3-10-23-11-13-24-14-12-23;/h4-6,15H,2-3,7-14H2,1H3,(H2,20,21,22);1H. The Balaban J connectivity index is 0.00000312. The van der Waals surface area contributed by atoms with Gasteiger partial charge in [0.2, 0.25) is 0 Å². The quantitative estimate of drug-likeness (QED) is 0.260. The average Bonchev–Trinajstić information content (AvgIpc) is 2.61. The van der Waals surface area contributed by atoms with E-state index < -0.39 is 0 Å². The van der Waals surface area contributed by atoms with Gasteiger partial charge in [-0.2, -0.15) is 0 Å². The molecular weight excluding hydrogens is 451 g/mol. The Bertz CT molecular complexity index is 510. The van der Waals surface area contributed by atoms with Crippen LogP contribution in [0.5, 0.6) is 0 Å². The SMILES string of the molecule is CN=C(NCCCCN1CCOCC1)NCCc1cccc(Cl)c1.I. The molecule has 2 N–H and O–H groups in total. The highest BCUT2D eigenvalue weighted by Gasteiger charge is 2.09. The molecule has 0 unspecified atom stereocenters. The van der Waals surface area contributed by atoms with Crippen molar-refractivity contribution in [2.75, 3.05) is 53.0 Å². The molecule has 0 spiro atoms. The van der Waals surface area contributed by atoms with Gasteiger partial charge in [-0.25, -0.2) is 0 Å². The highest BCUT2D eigenvalue weighted by molar-refractivity contribution is 14.0. The van der Waals surface area contributed by atoms with Gasteiger partial charge in [0.05, 0.1) is 13.2 Å². The Kier molecular flexibility index (Phi) is 12.2. The summed E-state index contributed by atoms with van der Waals surface area (Å²) in [5.74, 6) is 0.864. The van der Waals surface area contributed by atoms with Crippen molar-refractivity contribution < 1.29 is 4.74 Å². The van der Waals surface area contributed by atoms with E-state index in [0.29, 0.717) is 0 Å². The smallest absolute Gasteiger partial charge is 0.190 e. The van der Waals surface area contributed by atoms with Gasteiger partial charge in [-0.3, -0.25) is 9.89 Å². The van der Waals surface area contributed by atoms with Crippen molar-refractivity contribution >= 4 is 41.5 Å². The first-order chi connectivity index (χ1) is 11.8. The van der Waals surface area contributed by atoms with Crippen molar-refractivity contribution in [3.8, 4) is 0 Å². The van der Waals surface area contributed by atoms with Gasteiger partial charge >= 0.3 is 0 Å². The molecular formula is C18H30ClIN4O. The van der Waals surface area contributed by atoms with Gasteiger partial charge in [0, 0.05) is 38.2 Å². The number of nitrogens with one attached hydrogen (secondary N) is 2. The number of hydrogen-bond donors (Lipinski definition) is 2. The summed E-state index contributed by atoms with van der Waals surface area (Å²) in [5, 5.41) is 7.51. The van der Waals surface area contributed by atoms with Crippen molar-refractivity contribution in [1.82, 2.24) is 15.5 Å². The maximum absolute atomic E-state index is 6.00. The number of hydrogen-bond acceptors (Lipinski definition) is 3. The summed E-state index contributed by atoms with van der Waals surface area (Å²) < 4.78 is 5.36. The van der Waals surface area contributed by atoms with Crippen LogP contribution in [-0.4, -0.2) is 63.8 Å². The molecule has 1 aromatic rings. The number of unbranched alkanes of at least 4 members (excludes halogenated alkanes) is 1. The lowest BCUT2D eigenvalue weighted by molar-refractivity contribution is 0.0372. The molecule has 1 aliphatic rings. The molecule has 0 saturated carbocycles. The first-order valence-corrected chi connectivity index (χ1v) is 9.15. The van der Waals surface area contributed by atoms with Crippen LogP contribution in [0, 0.1) is 0 Å². The summed E-state index contributed by atoms with van der Waals surface area (Å²) in [7, 11) is 1.81. The third-order valence-electron chi connectivity index (χ3n) is 4.12. The van der Waals surface area contributed by atoms with E-state index in [0.717, 1.165) is 69.8 Å². The third-order valence-corrected chi connectivity index (χ3v) is 4.35. The normalized spacial score (nSPS) is 15.5. The molecule has 1 aromatic carbocycles. The van der Waals surface area contributed by atoms with Gasteiger partial charge in [-0.05, 0) is 43.5 Å². The minimum atomic E-state index is 0. The van der Waals surface area contributed by atoms with Gasteiger partial charge in [-0.1, -0.05) is 23.7 Å². The first kappa shape index (κ1) is 22.5. The van der Waals surface area contributed by atoms with Crippen LogP contribution in [0.2, 0.25) is 5.02 Å². The van der Waals surface area contributed by atoms with E-state index in [1.54, 1.807) is 0 Å². The zero-order valence-electron chi connectivity index (χ0n) is 15.0. The Labute approximate surface area is 173 Å². The van der Waals surface area contributed by atoms with Crippen molar-refractivity contribution in [2.24, 2.45) is 4.99 Å². The summed E-state index contributed by atoms with van der Waals surface area (Å²) in [6, 6.07) is 7.98. The van der Waals surface area contributed by atoms with Crippen LogP contribution in [0.4, 0.5) is 0 Å². The van der Waals surface area contributed by atoms with Crippen LogP contribution in [0.25, 0.3) is 0 Å². The fourth-order valence-corrected chi connectivity index (χ4v) is 2.94. The Morgan fingerprint density at radius 2 is 1.96 bits per heavy atom. The number of aliphatic imine (C=N–C) groups is 1. The molecule has 0 amide bonds. The van der Waals surface area contributed by atoms with Crippen molar-refractivity contribution in [2.45, 2.75) is 19.3 Å². The molecule has 0 atom stereocenters. The van der Waals surface area contributed by atoms with Gasteiger partial charge < -0.3 is 15.4 Å². The summed E-state index contributed by atoms with van der Waals surface area (Å²) in [6.45, 7) is 6.84. The predicted molar refractivity (Wildman–Crippen MR) is 116 cm³/mol. The van der Waals surface area contributed by atoms with E-state index in [-0.39, 0.29) is 24.0 Å². The first-order valence-electron chi connectivity index (χ1n) is 8.77. The molecule has 1 aliphatic heterocycles. The van der Waals surface area contributed by atoms with Gasteiger partial charge in [0.15, 0.2) is 5.96 Å². The highest BCUT2D eigenvalue weighted by atomic mass is 127. The van der Waals surface area contributed by atoms with Crippen LogP contribution in [0.15, 0.2) is 29.3 Å². The molecule has 5 nitrogen and oxygen atoms in total. The molecule has 25 heavy (non-hydrogen) atoms. The number of rotatable bonds is 8. The monoisotopic (exact) mass is 480 g/mol. The van der Waals surface area contributed by atoms with Crippen molar-refractivity contribution in [3.63, 3.8) is 0 Å². The second-order valence-corrected chi connectivity index (χ2v) is 6.40. The number of halogens is 2. The van der Waals surface area contributed by atoms with Crippen molar-refractivity contribution in [1.29, 1.82) is 0 Å². The van der Waals surface area contributed by atoms with E-state index in [2.05, 4.69) is 26.6 Å². The molecule has 1 saturated heterocycles. The largest absolute Gasteiger partial charge is 0.379 e. The molecule has 2 rings (SSSR count). The number of morpholine rings is 1. The Morgan fingerprint density at radius 3 is 2.68 bits per heavy atom.